The number of aliphatic hydroxyl groups excluding tert-OH is 1. The summed E-state index contributed by atoms with van der Waals surface area (Å²) in [6.07, 6.45) is 5.60. The monoisotopic (exact) mass is 452 g/mol. The third kappa shape index (κ3) is 3.90. The summed E-state index contributed by atoms with van der Waals surface area (Å²) in [7, 11) is 0. The van der Waals surface area contributed by atoms with Gasteiger partial charge in [0.15, 0.2) is 0 Å². The molecule has 1 N–H and O–H groups in total. The summed E-state index contributed by atoms with van der Waals surface area (Å²) >= 11 is 1.64. The summed E-state index contributed by atoms with van der Waals surface area (Å²) < 4.78 is 4.70. The van der Waals surface area contributed by atoms with E-state index in [9.17, 15) is 19.5 Å². The number of carbonyl (C=O) groups excluding carboxylic acids is 3. The van der Waals surface area contributed by atoms with Gasteiger partial charge in [-0.2, -0.15) is 0 Å². The van der Waals surface area contributed by atoms with Gasteiger partial charge in [0.25, 0.3) is 0 Å². The van der Waals surface area contributed by atoms with Crippen LogP contribution in [0.2, 0.25) is 0 Å². The van der Waals surface area contributed by atoms with Gasteiger partial charge in [-0.05, 0) is 32.6 Å². The minimum Gasteiger partial charge on any atom is -0.466 e. The Bertz CT molecular complexity index is 712. The molecular weight excluding hydrogens is 416 g/mol. The maximum Gasteiger partial charge on any atom is 0.310 e. The van der Waals surface area contributed by atoms with Crippen molar-refractivity contribution in [3.8, 4) is 0 Å². The van der Waals surface area contributed by atoms with Crippen molar-refractivity contribution >= 4 is 29.5 Å². The van der Waals surface area contributed by atoms with Crippen molar-refractivity contribution in [2.75, 3.05) is 26.3 Å². The van der Waals surface area contributed by atoms with E-state index in [2.05, 4.69) is 13.5 Å². The number of esters is 1. The molecule has 31 heavy (non-hydrogen) atoms. The Morgan fingerprint density at radius 3 is 2.74 bits per heavy atom. The Hall–Kier alpha value is -1.54. The fourth-order valence-electron chi connectivity index (χ4n) is 5.65. The highest BCUT2D eigenvalue weighted by atomic mass is 32.2. The van der Waals surface area contributed by atoms with Gasteiger partial charge >= 0.3 is 5.97 Å². The maximum absolute atomic E-state index is 13.9. The van der Waals surface area contributed by atoms with Crippen molar-refractivity contribution in [1.29, 1.82) is 0 Å². The van der Waals surface area contributed by atoms with Gasteiger partial charge in [-0.25, -0.2) is 0 Å². The third-order valence-corrected chi connectivity index (χ3v) is 9.00. The van der Waals surface area contributed by atoms with Gasteiger partial charge in [-0.1, -0.05) is 26.3 Å². The highest BCUT2D eigenvalue weighted by Crippen LogP contribution is 2.67. The largest absolute Gasteiger partial charge is 0.466 e. The van der Waals surface area contributed by atoms with Crippen LogP contribution in [-0.2, 0) is 19.1 Å². The molecule has 0 aliphatic carbocycles. The van der Waals surface area contributed by atoms with Crippen LogP contribution in [0.25, 0.3) is 0 Å². The predicted octanol–water partition coefficient (Wildman–Crippen LogP) is 2.23. The second kappa shape index (κ2) is 9.94. The molecule has 8 heteroatoms. The third-order valence-electron chi connectivity index (χ3n) is 7.05. The van der Waals surface area contributed by atoms with Crippen LogP contribution in [0, 0.1) is 11.8 Å². The summed E-state index contributed by atoms with van der Waals surface area (Å²) in [5, 5.41) is 10.0. The number of hydrogen-bond acceptors (Lipinski definition) is 6. The molecule has 0 aromatic rings. The number of rotatable bonds is 11. The molecule has 174 valence electrons. The zero-order chi connectivity index (χ0) is 22.8. The van der Waals surface area contributed by atoms with E-state index in [1.807, 2.05) is 6.92 Å². The van der Waals surface area contributed by atoms with Crippen LogP contribution in [0.5, 0.6) is 0 Å². The zero-order valence-corrected chi connectivity index (χ0v) is 19.7. The van der Waals surface area contributed by atoms with E-state index in [0.717, 1.165) is 25.7 Å². The number of hydrogen-bond donors (Lipinski definition) is 1. The molecule has 1 spiro atoms. The lowest BCUT2D eigenvalue weighted by molar-refractivity contribution is -0.154. The zero-order valence-electron chi connectivity index (χ0n) is 18.9. The molecule has 0 aromatic heterocycles. The smallest absolute Gasteiger partial charge is 0.310 e. The minimum atomic E-state index is -0.673. The van der Waals surface area contributed by atoms with Crippen LogP contribution in [0.4, 0.5) is 0 Å². The van der Waals surface area contributed by atoms with Gasteiger partial charge in [0, 0.05) is 18.3 Å². The molecule has 3 aliphatic heterocycles. The van der Waals surface area contributed by atoms with Crippen LogP contribution < -0.4 is 0 Å². The first-order valence-corrected chi connectivity index (χ1v) is 12.5. The summed E-state index contributed by atoms with van der Waals surface area (Å²) in [5.41, 5.74) is 0. The van der Waals surface area contributed by atoms with Gasteiger partial charge in [-0.15, -0.1) is 18.3 Å². The van der Waals surface area contributed by atoms with Crippen molar-refractivity contribution in [2.24, 2.45) is 11.8 Å². The highest BCUT2D eigenvalue weighted by Gasteiger charge is 2.74. The average Bonchev–Trinajstić information content (AvgIpc) is 3.40. The van der Waals surface area contributed by atoms with E-state index in [1.165, 1.54) is 0 Å². The fourth-order valence-corrected chi connectivity index (χ4v) is 7.84. The molecule has 0 radical (unpaired) electrons. The topological polar surface area (TPSA) is 87.2 Å². The number of aliphatic hydroxyl groups is 1. The normalized spacial score (nSPS) is 32.1. The predicted molar refractivity (Wildman–Crippen MR) is 120 cm³/mol. The first kappa shape index (κ1) is 24.1. The van der Waals surface area contributed by atoms with Gasteiger partial charge in [0.05, 0.1) is 35.8 Å². The van der Waals surface area contributed by atoms with Crippen molar-refractivity contribution in [1.82, 2.24) is 9.80 Å². The molecule has 2 unspecified atom stereocenters. The number of amides is 2. The summed E-state index contributed by atoms with van der Waals surface area (Å²) in [6.45, 7) is 10.6. The van der Waals surface area contributed by atoms with Crippen molar-refractivity contribution in [3.63, 3.8) is 0 Å². The molecule has 2 bridgehead atoms. The van der Waals surface area contributed by atoms with Crippen molar-refractivity contribution in [3.05, 3.63) is 12.7 Å². The first-order chi connectivity index (χ1) is 14.9. The molecule has 3 fully saturated rings. The number of thioether (sulfide) groups is 1. The van der Waals surface area contributed by atoms with Crippen molar-refractivity contribution in [2.45, 2.75) is 75.0 Å². The SMILES string of the molecule is C=CCN(CCCC)C(=O)C1N([C@@H](CC)CO)C(=O)[C@@H]2[C@H](C(=O)OCC)[C@@H]3CCC12S3. The van der Waals surface area contributed by atoms with Crippen molar-refractivity contribution < 1.29 is 24.2 Å². The Morgan fingerprint density at radius 2 is 2.16 bits per heavy atom. The molecule has 0 aromatic carbocycles. The number of nitrogens with zero attached hydrogens (tertiary/aromatic N) is 2. The van der Waals surface area contributed by atoms with Crippen LogP contribution in [0.1, 0.15) is 52.9 Å². The highest BCUT2D eigenvalue weighted by molar-refractivity contribution is 8.02. The average molecular weight is 453 g/mol. The molecule has 3 heterocycles. The molecule has 7 nitrogen and oxygen atoms in total. The molecule has 0 saturated carbocycles. The standard InChI is InChI=1S/C23H36N2O5S/c1-5-9-13-24(12-6-2)21(28)19-23-11-10-16(31-23)17(22(29)30-8-4)18(23)20(27)25(19)15(7-3)14-26/h6,15-19,26H,2,5,7-14H2,1,3-4H3/t15-,16-,17+,18-,19?,23?/m0/s1. The maximum atomic E-state index is 13.9. The molecule has 3 aliphatic rings. The summed E-state index contributed by atoms with van der Waals surface area (Å²) in [4.78, 5) is 43.9. The van der Waals surface area contributed by atoms with Crippen LogP contribution in [0.15, 0.2) is 12.7 Å². The Balaban J connectivity index is 2.04. The second-order valence-electron chi connectivity index (χ2n) is 8.72. The van der Waals surface area contributed by atoms with E-state index >= 15 is 0 Å². The second-order valence-corrected chi connectivity index (χ2v) is 10.3. The first-order valence-electron chi connectivity index (χ1n) is 11.6. The Morgan fingerprint density at radius 1 is 1.42 bits per heavy atom. The lowest BCUT2D eigenvalue weighted by atomic mass is 9.71. The van der Waals surface area contributed by atoms with E-state index < -0.39 is 28.7 Å². The molecular formula is C23H36N2O5S. The Kier molecular flexibility index (Phi) is 7.73. The number of unbranched alkanes of at least 4 members (excludes halogenated alkanes) is 1. The van der Waals surface area contributed by atoms with Gasteiger partial charge < -0.3 is 19.6 Å². The molecule has 3 rings (SSSR count). The van der Waals surface area contributed by atoms with Crippen LogP contribution in [0.3, 0.4) is 0 Å². The quantitative estimate of drug-likeness (QED) is 0.382. The lowest BCUT2D eigenvalue weighted by Gasteiger charge is -2.39. The van der Waals surface area contributed by atoms with Gasteiger partial charge in [0.1, 0.15) is 6.04 Å². The van der Waals surface area contributed by atoms with E-state index in [-0.39, 0.29) is 36.2 Å². The van der Waals surface area contributed by atoms with E-state index in [1.54, 1.807) is 34.6 Å². The van der Waals surface area contributed by atoms with Gasteiger partial charge in [0.2, 0.25) is 11.8 Å². The number of likely N-dealkylation sites (tertiary alicyclic amines) is 1. The van der Waals surface area contributed by atoms with Crippen LogP contribution in [-0.4, -0.2) is 81.1 Å². The minimum absolute atomic E-state index is 0.00292. The number of fused-ring (bicyclic) bond motifs is 1. The fraction of sp³-hybridized carbons (Fsp3) is 0.783. The molecule has 6 atom stereocenters. The van der Waals surface area contributed by atoms with Gasteiger partial charge in [-0.3, -0.25) is 14.4 Å². The number of carbonyl (C=O) groups is 3. The lowest BCUT2D eigenvalue weighted by Crippen LogP contribution is -2.57. The number of ether oxygens (including phenoxy) is 1. The summed E-state index contributed by atoms with van der Waals surface area (Å²) in [5.74, 6) is -1.69. The van der Waals surface area contributed by atoms with E-state index in [0.29, 0.717) is 19.5 Å². The van der Waals surface area contributed by atoms with E-state index in [4.69, 9.17) is 4.74 Å². The molecule has 3 saturated heterocycles. The molecule has 2 amide bonds. The summed E-state index contributed by atoms with van der Waals surface area (Å²) in [6, 6.07) is -1.12. The Labute approximate surface area is 189 Å². The van der Waals surface area contributed by atoms with Crippen LogP contribution >= 0.6 is 11.8 Å².